The van der Waals surface area contributed by atoms with Gasteiger partial charge in [0.25, 0.3) is 0 Å². The zero-order valence-corrected chi connectivity index (χ0v) is 17.8. The Labute approximate surface area is 167 Å². The van der Waals surface area contributed by atoms with E-state index in [0.29, 0.717) is 0 Å². The summed E-state index contributed by atoms with van der Waals surface area (Å²) in [4.78, 5) is 0. The second-order valence-corrected chi connectivity index (χ2v) is 0. The molecule has 7 heavy (non-hydrogen) atoms. The summed E-state index contributed by atoms with van der Waals surface area (Å²) in [6.07, 6.45) is 0. The first-order valence-corrected chi connectivity index (χ1v) is 0. The third-order valence-electron chi connectivity index (χ3n) is 0. The van der Waals surface area contributed by atoms with Gasteiger partial charge in [-0.1, -0.05) is 0 Å². The Kier molecular flexibility index (Phi) is 447. The molecular weight excluding hydrogens is 362 g/mol. The van der Waals surface area contributed by atoms with Crippen LogP contribution in [0.15, 0.2) is 0 Å². The van der Waals surface area contributed by atoms with E-state index in [1.807, 2.05) is 0 Å². The first-order valence-electron chi connectivity index (χ1n) is 0. The molecule has 7 heteroatoms. The van der Waals surface area contributed by atoms with E-state index < -0.39 is 0 Å². The molecule has 0 aromatic carbocycles. The molecule has 4 nitrogen and oxygen atoms in total. The summed E-state index contributed by atoms with van der Waals surface area (Å²) >= 11 is 0. The van der Waals surface area contributed by atoms with Crippen molar-refractivity contribution in [1.82, 2.24) is 0 Å². The molecule has 0 heterocycles. The fraction of sp³-hybridized carbons (Fsp3) is 0. The Balaban J connectivity index is 0. The van der Waals surface area contributed by atoms with Crippen molar-refractivity contribution in [3.8, 4) is 0 Å². The van der Waals surface area contributed by atoms with E-state index >= 15 is 0 Å². The zero-order chi connectivity index (χ0) is 0. The Morgan fingerprint density at radius 2 is 0.429 bits per heavy atom. The van der Waals surface area contributed by atoms with Crippen molar-refractivity contribution in [2.24, 2.45) is 0 Å². The molecule has 0 spiro atoms. The second kappa shape index (κ2) is 48.2. The Hall–Kier alpha value is 4.29. The molecule has 0 radical (unpaired) electrons. The fourth-order valence-electron chi connectivity index (χ4n) is 0. The van der Waals surface area contributed by atoms with E-state index in [1.54, 1.807) is 0 Å². The zero-order valence-electron chi connectivity index (χ0n) is 4.41. The third-order valence-corrected chi connectivity index (χ3v) is 0. The van der Waals surface area contributed by atoms with Gasteiger partial charge in [-0.3, -0.25) is 0 Å². The van der Waals surface area contributed by atoms with Gasteiger partial charge in [-0.25, -0.2) is 0 Å². The number of hydrogen-bond acceptors (Lipinski definition) is 0. The van der Waals surface area contributed by atoms with Crippen LogP contribution in [0.2, 0.25) is 0 Å². The minimum Gasteiger partial charge on any atom is -2.00 e. The van der Waals surface area contributed by atoms with Crippen LogP contribution < -0.4 is 138 Å². The molecule has 0 atom stereocenters. The molecule has 0 aliphatic carbocycles. The van der Waals surface area contributed by atoms with Gasteiger partial charge in [-0.05, 0) is 0 Å². The predicted octanol–water partition coefficient (Wildman–Crippen LogP) is -9.29. The minimum absolute atomic E-state index is 0. The summed E-state index contributed by atoms with van der Waals surface area (Å²) in [7, 11) is 0. The Bertz CT molecular complexity index is 9.65. The second-order valence-electron chi connectivity index (χ2n) is 0. The van der Waals surface area contributed by atoms with Crippen LogP contribution in [0.4, 0.5) is 0 Å². The van der Waals surface area contributed by atoms with Gasteiger partial charge < -0.3 is 35.4 Å². The molecule has 0 rings (SSSR count). The maximum atomic E-state index is 0. The molecule has 0 saturated heterocycles. The van der Waals surface area contributed by atoms with E-state index in [1.165, 1.54) is 0 Å². The molecule has 0 aromatic heterocycles. The molecular formula is H8Cs2O4S. The maximum Gasteiger partial charge on any atom is 1.00 e. The predicted molar refractivity (Wildman–Crippen MR) is 21.8 cm³/mol. The van der Waals surface area contributed by atoms with E-state index in [2.05, 4.69) is 0 Å². The Morgan fingerprint density at radius 3 is 0.429 bits per heavy atom. The van der Waals surface area contributed by atoms with Crippen LogP contribution in [0.1, 0.15) is 0 Å². The Morgan fingerprint density at radius 1 is 0.429 bits per heavy atom. The summed E-state index contributed by atoms with van der Waals surface area (Å²) in [6, 6.07) is 0. The standard InChI is InChI=1S/2Cs.4H2O.S/h;;4*1H2;/q2*+1;;;;;-2. The normalized spacial score (nSPS) is 0. The first-order chi connectivity index (χ1) is 0. The minimum atomic E-state index is 0. The summed E-state index contributed by atoms with van der Waals surface area (Å²) in [5.41, 5.74) is 0. The van der Waals surface area contributed by atoms with Gasteiger partial charge >= 0.3 is 138 Å². The monoisotopic (exact) mass is 370 g/mol. The molecule has 0 aromatic rings. The summed E-state index contributed by atoms with van der Waals surface area (Å²) in [5.74, 6) is 0. The van der Waals surface area contributed by atoms with Crippen LogP contribution in [0.3, 0.4) is 0 Å². The van der Waals surface area contributed by atoms with Crippen molar-refractivity contribution in [3.63, 3.8) is 0 Å². The number of hydrogen-bond donors (Lipinski definition) is 0. The van der Waals surface area contributed by atoms with Gasteiger partial charge in [0.2, 0.25) is 0 Å². The van der Waals surface area contributed by atoms with Crippen molar-refractivity contribution in [1.29, 1.82) is 0 Å². The van der Waals surface area contributed by atoms with E-state index in [4.69, 9.17) is 0 Å². The van der Waals surface area contributed by atoms with Crippen LogP contribution >= 0.6 is 0 Å². The van der Waals surface area contributed by atoms with Crippen molar-refractivity contribution in [2.75, 3.05) is 0 Å². The SMILES string of the molecule is O.O.O.O.[Cs+].[Cs+].[S-2]. The molecule has 0 saturated carbocycles. The van der Waals surface area contributed by atoms with Gasteiger partial charge in [0.05, 0.1) is 0 Å². The third kappa shape index (κ3) is 38.4. The van der Waals surface area contributed by atoms with Crippen LogP contribution in [-0.4, -0.2) is 21.9 Å². The smallest absolute Gasteiger partial charge is 1.00 e. The maximum absolute atomic E-state index is 0. The average molecular weight is 370 g/mol. The van der Waals surface area contributed by atoms with Gasteiger partial charge in [-0.15, -0.1) is 0 Å². The van der Waals surface area contributed by atoms with E-state index in [-0.39, 0.29) is 173 Å². The first kappa shape index (κ1) is 64.9. The van der Waals surface area contributed by atoms with Crippen molar-refractivity contribution in [2.45, 2.75) is 0 Å². The van der Waals surface area contributed by atoms with Crippen LogP contribution in [0.5, 0.6) is 0 Å². The average Bonchev–Trinajstić information content (AvgIpc) is 0. The molecule has 0 fully saturated rings. The van der Waals surface area contributed by atoms with Crippen molar-refractivity contribution >= 4 is 13.5 Å². The van der Waals surface area contributed by atoms with Crippen LogP contribution in [-0.2, 0) is 13.5 Å². The quantitative estimate of drug-likeness (QED) is 0.402. The summed E-state index contributed by atoms with van der Waals surface area (Å²) < 4.78 is 0. The molecule has 0 unspecified atom stereocenters. The van der Waals surface area contributed by atoms with Crippen LogP contribution in [0, 0.1) is 0 Å². The molecule has 0 aliphatic rings. The molecule has 40 valence electrons. The molecule has 0 aliphatic heterocycles. The largest absolute Gasteiger partial charge is 2.00 e. The van der Waals surface area contributed by atoms with E-state index in [9.17, 15) is 0 Å². The van der Waals surface area contributed by atoms with Crippen molar-refractivity contribution in [3.05, 3.63) is 0 Å². The van der Waals surface area contributed by atoms with E-state index in [0.717, 1.165) is 0 Å². The van der Waals surface area contributed by atoms with Gasteiger partial charge in [0.15, 0.2) is 0 Å². The van der Waals surface area contributed by atoms with Gasteiger partial charge in [0, 0.05) is 0 Å². The molecule has 0 amide bonds. The molecule has 8 N–H and O–H groups in total. The summed E-state index contributed by atoms with van der Waals surface area (Å²) in [5, 5.41) is 0. The van der Waals surface area contributed by atoms with Crippen molar-refractivity contribution < 1.29 is 160 Å². The number of rotatable bonds is 0. The summed E-state index contributed by atoms with van der Waals surface area (Å²) in [6.45, 7) is 0. The topological polar surface area (TPSA) is 126 Å². The van der Waals surface area contributed by atoms with Gasteiger partial charge in [-0.2, -0.15) is 0 Å². The van der Waals surface area contributed by atoms with Gasteiger partial charge in [0.1, 0.15) is 0 Å². The van der Waals surface area contributed by atoms with Crippen LogP contribution in [0.25, 0.3) is 0 Å². The molecule has 0 bridgehead atoms. The fourth-order valence-corrected chi connectivity index (χ4v) is 0.